The molecule has 1 aliphatic rings. The number of benzene rings is 1. The Balaban J connectivity index is 1.71. The van der Waals surface area contributed by atoms with E-state index in [0.717, 1.165) is 24.4 Å². The molecular formula is C18H26FN5O. The summed E-state index contributed by atoms with van der Waals surface area (Å²) in [5.41, 5.74) is 7.63. The van der Waals surface area contributed by atoms with Gasteiger partial charge in [0.25, 0.3) is 0 Å². The maximum absolute atomic E-state index is 13.0. The van der Waals surface area contributed by atoms with Gasteiger partial charge in [-0.2, -0.15) is 0 Å². The zero-order valence-corrected chi connectivity index (χ0v) is 14.7. The maximum Gasteiger partial charge on any atom is 0.224 e. The Morgan fingerprint density at radius 1 is 1.28 bits per heavy atom. The number of nitrogens with one attached hydrogen (secondary N) is 1. The van der Waals surface area contributed by atoms with Crippen molar-refractivity contribution in [1.82, 2.24) is 10.2 Å². The molecular weight excluding hydrogens is 321 g/mol. The topological polar surface area (TPSA) is 74.0 Å². The highest BCUT2D eigenvalue weighted by molar-refractivity contribution is 5.80. The second kappa shape index (κ2) is 9.05. The van der Waals surface area contributed by atoms with Crippen LogP contribution in [0.15, 0.2) is 41.4 Å². The van der Waals surface area contributed by atoms with Gasteiger partial charge in [0.2, 0.25) is 5.91 Å². The van der Waals surface area contributed by atoms with E-state index in [1.165, 1.54) is 12.1 Å². The Kier molecular flexibility index (Phi) is 6.80. The minimum absolute atomic E-state index is 0.0963. The van der Waals surface area contributed by atoms with Gasteiger partial charge >= 0.3 is 0 Å². The highest BCUT2D eigenvalue weighted by atomic mass is 19.1. The number of halogens is 1. The number of carbonyl (C=O) groups excluding carboxylic acids is 1. The minimum Gasteiger partial charge on any atom is -0.370 e. The maximum atomic E-state index is 13.0. The highest BCUT2D eigenvalue weighted by Crippen LogP contribution is 2.17. The average Bonchev–Trinajstić information content (AvgIpc) is 2.60. The predicted molar refractivity (Wildman–Crippen MR) is 99.1 cm³/mol. The molecule has 1 aliphatic heterocycles. The normalized spacial score (nSPS) is 15.2. The molecule has 1 aromatic rings. The number of rotatable bonds is 6. The third kappa shape index (κ3) is 6.10. The van der Waals surface area contributed by atoms with E-state index in [1.807, 2.05) is 11.8 Å². The number of hydrogen-bond acceptors (Lipinski definition) is 3. The lowest BCUT2D eigenvalue weighted by molar-refractivity contribution is -0.131. The van der Waals surface area contributed by atoms with Crippen molar-refractivity contribution < 1.29 is 9.18 Å². The summed E-state index contributed by atoms with van der Waals surface area (Å²) in [4.78, 5) is 20.4. The molecule has 1 amide bonds. The molecule has 0 bridgehead atoms. The lowest BCUT2D eigenvalue weighted by Gasteiger charge is -2.36. The summed E-state index contributed by atoms with van der Waals surface area (Å²) in [6, 6.07) is 6.45. The Bertz CT molecular complexity index is 621. The van der Waals surface area contributed by atoms with Gasteiger partial charge in [0, 0.05) is 44.8 Å². The Labute approximate surface area is 148 Å². The van der Waals surface area contributed by atoms with Crippen LogP contribution in [-0.4, -0.2) is 56.0 Å². The van der Waals surface area contributed by atoms with E-state index >= 15 is 0 Å². The number of nitrogens with zero attached hydrogens (tertiary/aromatic N) is 3. The molecule has 0 aliphatic carbocycles. The van der Waals surface area contributed by atoms with Crippen LogP contribution in [0.5, 0.6) is 0 Å². The Morgan fingerprint density at radius 2 is 1.92 bits per heavy atom. The predicted octanol–water partition coefficient (Wildman–Crippen LogP) is 1.34. The molecule has 0 aromatic heterocycles. The zero-order chi connectivity index (χ0) is 18.2. The van der Waals surface area contributed by atoms with Gasteiger partial charge in [-0.1, -0.05) is 12.2 Å². The van der Waals surface area contributed by atoms with Crippen LogP contribution in [0.25, 0.3) is 0 Å². The van der Waals surface area contributed by atoms with E-state index in [-0.39, 0.29) is 11.7 Å². The number of carbonyl (C=O) groups is 1. The van der Waals surface area contributed by atoms with Crippen LogP contribution < -0.4 is 16.0 Å². The Hall–Kier alpha value is -2.57. The third-order valence-corrected chi connectivity index (χ3v) is 3.99. The summed E-state index contributed by atoms with van der Waals surface area (Å²) in [7, 11) is 0. The van der Waals surface area contributed by atoms with Crippen molar-refractivity contribution in [2.75, 3.05) is 44.2 Å². The van der Waals surface area contributed by atoms with Crippen molar-refractivity contribution in [3.63, 3.8) is 0 Å². The van der Waals surface area contributed by atoms with Crippen LogP contribution >= 0.6 is 0 Å². The number of anilines is 1. The molecule has 0 radical (unpaired) electrons. The van der Waals surface area contributed by atoms with Crippen LogP contribution in [0, 0.1) is 5.82 Å². The minimum atomic E-state index is -0.240. The van der Waals surface area contributed by atoms with E-state index in [0.29, 0.717) is 38.6 Å². The molecule has 1 heterocycles. The number of piperazine rings is 1. The largest absolute Gasteiger partial charge is 0.370 e. The van der Waals surface area contributed by atoms with E-state index in [9.17, 15) is 9.18 Å². The Morgan fingerprint density at radius 3 is 2.52 bits per heavy atom. The summed E-state index contributed by atoms with van der Waals surface area (Å²) < 4.78 is 13.0. The summed E-state index contributed by atoms with van der Waals surface area (Å²) in [6.45, 7) is 9.39. The van der Waals surface area contributed by atoms with Crippen LogP contribution in [0.3, 0.4) is 0 Å². The summed E-state index contributed by atoms with van der Waals surface area (Å²) in [5.74, 6) is 0.187. The molecule has 2 rings (SSSR count). The van der Waals surface area contributed by atoms with E-state index in [2.05, 4.69) is 21.8 Å². The van der Waals surface area contributed by atoms with Crippen LogP contribution in [0.4, 0.5) is 10.1 Å². The standard InChI is InChI=1S/C18H26FN5O/c1-14(2)13-22-18(20)21-8-7-17(25)24-11-9-23(10-12-24)16-5-3-15(19)4-6-16/h3-6H,1,7-13H2,2H3,(H3,20,21,22). The van der Waals surface area contributed by atoms with Gasteiger partial charge in [0.05, 0.1) is 6.54 Å². The summed E-state index contributed by atoms with van der Waals surface area (Å²) >= 11 is 0. The molecule has 3 N–H and O–H groups in total. The van der Waals surface area contributed by atoms with Crippen molar-refractivity contribution in [1.29, 1.82) is 0 Å². The molecule has 25 heavy (non-hydrogen) atoms. The lowest BCUT2D eigenvalue weighted by atomic mass is 10.2. The van der Waals surface area contributed by atoms with E-state index in [1.54, 1.807) is 12.1 Å². The van der Waals surface area contributed by atoms with Crippen LogP contribution in [-0.2, 0) is 4.79 Å². The molecule has 0 atom stereocenters. The first kappa shape index (κ1) is 18.8. The quantitative estimate of drug-likeness (QED) is 0.463. The van der Waals surface area contributed by atoms with Gasteiger partial charge in [-0.3, -0.25) is 4.79 Å². The van der Waals surface area contributed by atoms with E-state index in [4.69, 9.17) is 5.73 Å². The van der Waals surface area contributed by atoms with Gasteiger partial charge in [0.15, 0.2) is 5.96 Å². The molecule has 136 valence electrons. The van der Waals surface area contributed by atoms with Crippen molar-refractivity contribution in [3.05, 3.63) is 42.2 Å². The fourth-order valence-electron chi connectivity index (χ4n) is 2.60. The number of amides is 1. The first-order valence-corrected chi connectivity index (χ1v) is 8.42. The molecule has 0 unspecified atom stereocenters. The van der Waals surface area contributed by atoms with Gasteiger partial charge in [-0.05, 0) is 31.2 Å². The summed E-state index contributed by atoms with van der Waals surface area (Å²) in [5, 5.41) is 2.94. The van der Waals surface area contributed by atoms with Crippen LogP contribution in [0.2, 0.25) is 0 Å². The van der Waals surface area contributed by atoms with Gasteiger partial charge in [-0.15, -0.1) is 0 Å². The number of guanidine groups is 1. The van der Waals surface area contributed by atoms with Crippen molar-refractivity contribution >= 4 is 17.6 Å². The molecule has 0 saturated carbocycles. The molecule has 1 saturated heterocycles. The number of aliphatic imine (C=N–C) groups is 1. The van der Waals surface area contributed by atoms with Crippen molar-refractivity contribution in [2.45, 2.75) is 13.3 Å². The SMILES string of the molecule is C=C(C)CN=C(N)NCCC(=O)N1CCN(c2ccc(F)cc2)CC1. The second-order valence-corrected chi connectivity index (χ2v) is 6.18. The van der Waals surface area contributed by atoms with Gasteiger partial charge < -0.3 is 20.9 Å². The molecule has 7 heteroatoms. The smallest absolute Gasteiger partial charge is 0.224 e. The van der Waals surface area contributed by atoms with Crippen LogP contribution in [0.1, 0.15) is 13.3 Å². The highest BCUT2D eigenvalue weighted by Gasteiger charge is 2.20. The molecule has 6 nitrogen and oxygen atoms in total. The molecule has 1 aromatic carbocycles. The average molecular weight is 347 g/mol. The van der Waals surface area contributed by atoms with Gasteiger partial charge in [-0.25, -0.2) is 9.38 Å². The molecule has 0 spiro atoms. The fourth-order valence-corrected chi connectivity index (χ4v) is 2.60. The van der Waals surface area contributed by atoms with Gasteiger partial charge in [0.1, 0.15) is 5.82 Å². The van der Waals surface area contributed by atoms with Crippen molar-refractivity contribution in [3.8, 4) is 0 Å². The monoisotopic (exact) mass is 347 g/mol. The first-order valence-electron chi connectivity index (χ1n) is 8.42. The molecule has 1 fully saturated rings. The lowest BCUT2D eigenvalue weighted by Crippen LogP contribution is -2.49. The first-order chi connectivity index (χ1) is 12.0. The number of nitrogens with two attached hydrogens (primary N) is 1. The van der Waals surface area contributed by atoms with E-state index < -0.39 is 0 Å². The van der Waals surface area contributed by atoms with Crippen molar-refractivity contribution in [2.24, 2.45) is 10.7 Å². The third-order valence-electron chi connectivity index (χ3n) is 3.99. The second-order valence-electron chi connectivity index (χ2n) is 6.18. The number of hydrogen-bond donors (Lipinski definition) is 2. The zero-order valence-electron chi connectivity index (χ0n) is 14.7. The summed E-state index contributed by atoms with van der Waals surface area (Å²) in [6.07, 6.45) is 0.375. The fraction of sp³-hybridized carbons (Fsp3) is 0.444.